The third-order valence-corrected chi connectivity index (χ3v) is 13.2. The highest BCUT2D eigenvalue weighted by molar-refractivity contribution is 6.11. The molecule has 12 bridgehead atoms. The van der Waals surface area contributed by atoms with Gasteiger partial charge in [-0.25, -0.2) is 4.98 Å². The second-order valence-electron chi connectivity index (χ2n) is 18.6. The Bertz CT molecular complexity index is 4240. The summed E-state index contributed by atoms with van der Waals surface area (Å²) in [5.41, 5.74) is 10.7. The molecule has 336 valence electrons. The number of anilines is 4. The van der Waals surface area contributed by atoms with Crippen molar-refractivity contribution in [2.45, 2.75) is 26.2 Å². The van der Waals surface area contributed by atoms with Gasteiger partial charge in [-0.2, -0.15) is 0 Å². The number of hydrogen-bond donors (Lipinski definition) is 0. The van der Waals surface area contributed by atoms with Gasteiger partial charge in [-0.15, -0.1) is 0 Å². The lowest BCUT2D eigenvalue weighted by atomic mass is 9.82. The minimum absolute atomic E-state index is 0.201. The summed E-state index contributed by atoms with van der Waals surface area (Å²) in [4.78, 5) is 9.75. The van der Waals surface area contributed by atoms with E-state index < -0.39 is 41.7 Å². The van der Waals surface area contributed by atoms with Gasteiger partial charge in [-0.1, -0.05) is 148 Å². The average molecular weight is 913 g/mol. The zero-order valence-electron chi connectivity index (χ0n) is 46.6. The first-order valence-corrected chi connectivity index (χ1v) is 23.3. The van der Waals surface area contributed by atoms with Gasteiger partial charge in [0.05, 0.1) is 39.1 Å². The van der Waals surface area contributed by atoms with Gasteiger partial charge in [0, 0.05) is 51.5 Å². The van der Waals surface area contributed by atoms with Crippen molar-refractivity contribution in [1.29, 1.82) is 0 Å². The highest BCUT2D eigenvalue weighted by atomic mass is 16.5. The average Bonchev–Trinajstić information content (AvgIpc) is 4.15. The molecule has 0 N–H and O–H groups in total. The molecular weight excluding hydrogens is 857 g/mol. The topological polar surface area (TPSA) is 42.8 Å². The number of pyridine rings is 1. The van der Waals surface area contributed by atoms with Crippen LogP contribution < -0.4 is 19.3 Å². The molecule has 0 saturated carbocycles. The van der Waals surface area contributed by atoms with Crippen LogP contribution in [-0.2, 0) is 5.41 Å². The summed E-state index contributed by atoms with van der Waals surface area (Å²) in [6.45, 7) is 6.84. The van der Waals surface area contributed by atoms with Gasteiger partial charge in [0.2, 0.25) is 0 Å². The molecule has 16 rings (SSSR count). The Morgan fingerprint density at radius 1 is 0.486 bits per heavy atom. The molecule has 7 heterocycles. The summed E-state index contributed by atoms with van der Waals surface area (Å²) in [6.07, 6.45) is 1.81. The molecule has 0 atom stereocenters. The van der Waals surface area contributed by atoms with E-state index in [0.717, 1.165) is 61.7 Å². The molecule has 0 aliphatic carbocycles. The van der Waals surface area contributed by atoms with Crippen LogP contribution in [0.2, 0.25) is 0 Å². The maximum absolute atomic E-state index is 9.83. The predicted octanol–water partition coefficient (Wildman–Crippen LogP) is 17.3. The highest BCUT2D eigenvalue weighted by Crippen LogP contribution is 2.51. The summed E-state index contributed by atoms with van der Waals surface area (Å²) in [7, 11) is 0. The Labute approximate surface area is 419 Å². The van der Waals surface area contributed by atoms with Crippen molar-refractivity contribution in [3.8, 4) is 73.3 Å². The van der Waals surface area contributed by atoms with Gasteiger partial charge in [0.15, 0.2) is 0 Å². The van der Waals surface area contributed by atoms with Crippen molar-refractivity contribution in [2.75, 3.05) is 16.5 Å². The SMILES string of the molecule is [2H]c1c([2H])c([2H])c(-c2c([2H])c([2H])c3c(c2[2H])c2ccc4cc2n3-c2cc(C(C)(C)C)c(cn2)-c2ccc(cc2)Oc2ccc(cc2)-c2cccc(-c3ccccc3)c2N2CN(c3cccc(c3)O4)c3ccccc32)c([2H])c1[2H]. The summed E-state index contributed by atoms with van der Waals surface area (Å²) in [6, 6.07) is 52.9. The fraction of sp³-hybridized carbons (Fsp3) is 0.0781. The van der Waals surface area contributed by atoms with Crippen LogP contribution in [0.15, 0.2) is 224 Å². The molecule has 0 radical (unpaired) electrons. The molecule has 6 nitrogen and oxygen atoms in total. The van der Waals surface area contributed by atoms with Crippen molar-refractivity contribution < 1.29 is 20.4 Å². The number of ether oxygens (including phenoxy) is 2. The van der Waals surface area contributed by atoms with Gasteiger partial charge in [-0.3, -0.25) is 4.57 Å². The Morgan fingerprint density at radius 3 is 1.84 bits per heavy atom. The van der Waals surface area contributed by atoms with E-state index >= 15 is 0 Å². The van der Waals surface area contributed by atoms with E-state index in [0.29, 0.717) is 46.4 Å². The fourth-order valence-electron chi connectivity index (χ4n) is 9.95. The zero-order chi connectivity index (χ0) is 53.9. The molecule has 0 fully saturated rings. The van der Waals surface area contributed by atoms with Crippen LogP contribution in [0.4, 0.5) is 22.7 Å². The van der Waals surface area contributed by atoms with Crippen molar-refractivity contribution in [3.63, 3.8) is 0 Å². The quantitative estimate of drug-likeness (QED) is 0.173. The molecule has 6 heteroatoms. The molecule has 0 spiro atoms. The summed E-state index contributed by atoms with van der Waals surface area (Å²) in [5.74, 6) is 2.77. The van der Waals surface area contributed by atoms with Crippen LogP contribution in [0.3, 0.4) is 0 Å². The van der Waals surface area contributed by atoms with Crippen LogP contribution in [0, 0.1) is 0 Å². The third kappa shape index (κ3) is 7.15. The van der Waals surface area contributed by atoms with Crippen LogP contribution in [0.25, 0.3) is 72.1 Å². The van der Waals surface area contributed by atoms with E-state index in [4.69, 9.17) is 21.3 Å². The largest absolute Gasteiger partial charge is 0.457 e. The maximum Gasteiger partial charge on any atom is 0.137 e. The standard InChI is InChI=1S/C64H48N4O2/c1-64(2,3)57-39-62-65-40-56(57)45-26-31-49(32-27-45)69-48-29-24-44(25-30-48)53-21-13-20-52(43-16-8-5-9-17-43)63(53)67-41-66(59-22-10-11-23-60(59)67)47-18-12-19-50(37-47)70-51-33-34-54-55-36-46(42-14-6-4-7-15-42)28-35-58(55)68(62)61(54)38-51/h4-40H,41H2,1-3H3/i4D,6D,7D,14D,15D,28D,35D,36D. The molecule has 11 aromatic rings. The smallest absolute Gasteiger partial charge is 0.137 e. The predicted molar refractivity (Wildman–Crippen MR) is 288 cm³/mol. The monoisotopic (exact) mass is 912 g/mol. The van der Waals surface area contributed by atoms with Gasteiger partial charge in [-0.05, 0) is 118 Å². The molecule has 0 unspecified atom stereocenters. The molecule has 5 aliphatic heterocycles. The summed E-state index contributed by atoms with van der Waals surface area (Å²) < 4.78 is 87.1. The maximum atomic E-state index is 9.83. The van der Waals surface area contributed by atoms with Gasteiger partial charge >= 0.3 is 0 Å². The van der Waals surface area contributed by atoms with Crippen LogP contribution in [-0.4, -0.2) is 16.2 Å². The molecule has 0 amide bonds. The van der Waals surface area contributed by atoms with Crippen molar-refractivity contribution >= 4 is 44.6 Å². The normalized spacial score (nSPS) is 14.5. The first-order chi connectivity index (χ1) is 37.6. The van der Waals surface area contributed by atoms with Crippen LogP contribution in [0.5, 0.6) is 23.0 Å². The molecule has 70 heavy (non-hydrogen) atoms. The van der Waals surface area contributed by atoms with Crippen molar-refractivity contribution in [1.82, 2.24) is 9.55 Å². The minimum Gasteiger partial charge on any atom is -0.457 e. The number of aromatic nitrogens is 2. The number of rotatable bonds is 2. The number of para-hydroxylation sites is 3. The van der Waals surface area contributed by atoms with E-state index in [9.17, 15) is 4.11 Å². The molecular formula is C64H48N4O2. The first kappa shape index (κ1) is 33.6. The van der Waals surface area contributed by atoms with E-state index in [2.05, 4.69) is 116 Å². The number of nitrogens with zero attached hydrogens (tertiary/aromatic N) is 4. The van der Waals surface area contributed by atoms with Crippen molar-refractivity contribution in [3.05, 3.63) is 230 Å². The first-order valence-electron chi connectivity index (χ1n) is 27.3. The van der Waals surface area contributed by atoms with Crippen LogP contribution >= 0.6 is 0 Å². The third-order valence-electron chi connectivity index (χ3n) is 13.2. The van der Waals surface area contributed by atoms with Gasteiger partial charge in [0.25, 0.3) is 0 Å². The Morgan fingerprint density at radius 2 is 1.11 bits per heavy atom. The molecule has 2 aromatic heterocycles. The lowest BCUT2D eigenvalue weighted by molar-refractivity contribution is 0.482. The molecule has 0 saturated heterocycles. The van der Waals surface area contributed by atoms with E-state index in [1.807, 2.05) is 79.0 Å². The molecule has 5 aliphatic rings. The van der Waals surface area contributed by atoms with E-state index in [1.54, 1.807) is 16.7 Å². The number of hydrogen-bond acceptors (Lipinski definition) is 5. The van der Waals surface area contributed by atoms with Crippen molar-refractivity contribution in [2.24, 2.45) is 0 Å². The highest BCUT2D eigenvalue weighted by Gasteiger charge is 2.32. The summed E-state index contributed by atoms with van der Waals surface area (Å²) in [5, 5.41) is 0.774. The minimum atomic E-state index is -0.594. The lowest BCUT2D eigenvalue weighted by Crippen LogP contribution is -2.24. The van der Waals surface area contributed by atoms with Gasteiger partial charge in [0.1, 0.15) is 35.5 Å². The Kier molecular flexibility index (Phi) is 7.88. The van der Waals surface area contributed by atoms with Gasteiger partial charge < -0.3 is 19.3 Å². The fourth-order valence-corrected chi connectivity index (χ4v) is 9.95. The molecule has 9 aromatic carbocycles. The number of fused-ring (bicyclic) bond motifs is 6. The number of benzene rings is 9. The Hall–Kier alpha value is -8.87. The van der Waals surface area contributed by atoms with E-state index in [1.165, 1.54) is 0 Å². The van der Waals surface area contributed by atoms with Crippen LogP contribution in [0.1, 0.15) is 37.3 Å². The van der Waals surface area contributed by atoms with E-state index in [-0.39, 0.29) is 34.1 Å². The zero-order valence-corrected chi connectivity index (χ0v) is 38.6. The lowest BCUT2D eigenvalue weighted by Gasteiger charge is -2.27. The summed E-state index contributed by atoms with van der Waals surface area (Å²) >= 11 is 0. The Balaban J connectivity index is 1.04. The second-order valence-corrected chi connectivity index (χ2v) is 18.6. The second kappa shape index (κ2) is 16.4.